The number of aliphatic hydroxyl groups is 3. The van der Waals surface area contributed by atoms with Crippen molar-refractivity contribution in [3.05, 3.63) is 12.2 Å². The molecular weight excluding hydrogens is 300 g/mol. The summed E-state index contributed by atoms with van der Waals surface area (Å²) in [5.74, 6) is -3.71. The van der Waals surface area contributed by atoms with Crippen LogP contribution in [-0.2, 0) is 14.4 Å². The second-order valence-electron chi connectivity index (χ2n) is 4.59. The first-order valence-electron chi connectivity index (χ1n) is 6.33. The zero-order valence-electron chi connectivity index (χ0n) is 12.2. The highest BCUT2D eigenvalue weighted by atomic mass is 16.4. The van der Waals surface area contributed by atoms with Crippen molar-refractivity contribution in [3.8, 4) is 0 Å². The molecule has 9 heteroatoms. The van der Waals surface area contributed by atoms with Gasteiger partial charge in [-0.25, -0.2) is 4.79 Å². The molecule has 0 aromatic carbocycles. The van der Waals surface area contributed by atoms with Gasteiger partial charge >= 0.3 is 17.9 Å². The Bertz CT molecular complexity index is 371. The Morgan fingerprint density at radius 1 is 0.955 bits per heavy atom. The molecule has 0 saturated heterocycles. The Morgan fingerprint density at radius 3 is 1.59 bits per heavy atom. The van der Waals surface area contributed by atoms with Crippen LogP contribution in [0.1, 0.15) is 19.8 Å². The third kappa shape index (κ3) is 9.86. The first-order chi connectivity index (χ1) is 10.1. The molecule has 0 saturated carbocycles. The van der Waals surface area contributed by atoms with Crippen molar-refractivity contribution in [2.24, 2.45) is 11.3 Å². The van der Waals surface area contributed by atoms with Gasteiger partial charge in [-0.3, -0.25) is 9.59 Å². The van der Waals surface area contributed by atoms with Crippen molar-refractivity contribution in [1.29, 1.82) is 0 Å². The lowest BCUT2D eigenvalue weighted by atomic mass is 9.77. The molecule has 0 aliphatic heterocycles. The van der Waals surface area contributed by atoms with Crippen LogP contribution in [-0.4, -0.2) is 68.4 Å². The number of carboxylic acids is 3. The summed E-state index contributed by atoms with van der Waals surface area (Å²) < 4.78 is 0. The molecule has 0 heterocycles. The van der Waals surface area contributed by atoms with E-state index in [9.17, 15) is 14.4 Å². The van der Waals surface area contributed by atoms with Crippen LogP contribution in [0, 0.1) is 11.3 Å². The number of hydrogen-bond acceptors (Lipinski definition) is 6. The quantitative estimate of drug-likeness (QED) is 0.296. The molecule has 0 rings (SSSR count). The maximum Gasteiger partial charge on any atom is 0.328 e. The molecule has 0 aliphatic rings. The van der Waals surface area contributed by atoms with Crippen molar-refractivity contribution in [1.82, 2.24) is 0 Å². The molecule has 0 spiro atoms. The Hall–Kier alpha value is -1.97. The molecule has 0 aromatic rings. The van der Waals surface area contributed by atoms with Gasteiger partial charge in [0.15, 0.2) is 0 Å². The number of rotatable bonds is 9. The smallest absolute Gasteiger partial charge is 0.328 e. The molecule has 1 unspecified atom stereocenters. The normalized spacial score (nSPS) is 12.4. The van der Waals surface area contributed by atoms with E-state index in [-0.39, 0.29) is 19.4 Å². The number of aliphatic hydroxyl groups excluding tert-OH is 3. The zero-order chi connectivity index (χ0) is 17.8. The van der Waals surface area contributed by atoms with Gasteiger partial charge in [0.25, 0.3) is 0 Å². The van der Waals surface area contributed by atoms with E-state index in [2.05, 4.69) is 0 Å². The topological polar surface area (TPSA) is 173 Å². The predicted octanol–water partition coefficient (Wildman–Crippen LogP) is -0.838. The highest BCUT2D eigenvalue weighted by Crippen LogP contribution is 2.28. The third-order valence-corrected chi connectivity index (χ3v) is 2.95. The number of carboxylic acid groups (broad SMARTS) is 3. The van der Waals surface area contributed by atoms with Gasteiger partial charge in [-0.15, -0.1) is 0 Å². The van der Waals surface area contributed by atoms with Gasteiger partial charge in [-0.05, 0) is 5.92 Å². The van der Waals surface area contributed by atoms with Crippen LogP contribution in [0.25, 0.3) is 0 Å². The van der Waals surface area contributed by atoms with Gasteiger partial charge in [0.2, 0.25) is 0 Å². The van der Waals surface area contributed by atoms with Gasteiger partial charge in [-0.2, -0.15) is 0 Å². The van der Waals surface area contributed by atoms with Crippen molar-refractivity contribution in [3.63, 3.8) is 0 Å². The van der Waals surface area contributed by atoms with Gasteiger partial charge < -0.3 is 30.6 Å². The Kier molecular flexibility index (Phi) is 11.8. The minimum Gasteiger partial charge on any atom is -0.481 e. The van der Waals surface area contributed by atoms with Crippen molar-refractivity contribution < 1.29 is 45.0 Å². The summed E-state index contributed by atoms with van der Waals surface area (Å²) in [7, 11) is 0. The van der Waals surface area contributed by atoms with Crippen LogP contribution < -0.4 is 0 Å². The van der Waals surface area contributed by atoms with Gasteiger partial charge in [0.1, 0.15) is 0 Å². The second-order valence-corrected chi connectivity index (χ2v) is 4.59. The first kappa shape index (κ1) is 22.3. The fourth-order valence-corrected chi connectivity index (χ4v) is 1.26. The number of hydrogen-bond donors (Lipinski definition) is 6. The average molecular weight is 322 g/mol. The summed E-state index contributed by atoms with van der Waals surface area (Å²) in [5.41, 5.74) is -1.08. The van der Waals surface area contributed by atoms with Crippen LogP contribution in [0.15, 0.2) is 12.2 Å². The zero-order valence-corrected chi connectivity index (χ0v) is 12.2. The van der Waals surface area contributed by atoms with Crippen LogP contribution in [0.3, 0.4) is 0 Å². The number of carbonyl (C=O) groups is 3. The van der Waals surface area contributed by atoms with Crippen LogP contribution in [0.5, 0.6) is 0 Å². The van der Waals surface area contributed by atoms with Crippen LogP contribution >= 0.6 is 0 Å². The van der Waals surface area contributed by atoms with E-state index in [0.29, 0.717) is 0 Å². The van der Waals surface area contributed by atoms with Crippen molar-refractivity contribution in [2.75, 3.05) is 19.8 Å². The molecular formula is C13H22O9. The minimum atomic E-state index is -1.15. The molecule has 0 fully saturated rings. The molecule has 0 bridgehead atoms. The largest absolute Gasteiger partial charge is 0.481 e. The lowest BCUT2D eigenvalue weighted by Crippen LogP contribution is -2.36. The Labute approximate surface area is 127 Å². The maximum atomic E-state index is 10.3. The van der Waals surface area contributed by atoms with E-state index in [1.165, 1.54) is 6.08 Å². The summed E-state index contributed by atoms with van der Waals surface area (Å²) >= 11 is 0. The molecule has 0 amide bonds. The van der Waals surface area contributed by atoms with Gasteiger partial charge in [0.05, 0.1) is 26.1 Å². The summed E-state index contributed by atoms with van der Waals surface area (Å²) in [6.45, 7) is 0.577. The minimum absolute atomic E-state index is 0.231. The highest BCUT2D eigenvalue weighted by Gasteiger charge is 2.32. The Balaban J connectivity index is 0. The molecule has 128 valence electrons. The summed E-state index contributed by atoms with van der Waals surface area (Å²) in [6.07, 6.45) is 1.49. The van der Waals surface area contributed by atoms with Crippen LogP contribution in [0.4, 0.5) is 0 Å². The maximum absolute atomic E-state index is 10.3. The average Bonchev–Trinajstić information content (AvgIpc) is 2.46. The fraction of sp³-hybridized carbons (Fsp3) is 0.615. The molecule has 0 radical (unpaired) electrons. The van der Waals surface area contributed by atoms with E-state index in [1.807, 2.05) is 0 Å². The second kappa shape index (κ2) is 11.7. The number of aliphatic carboxylic acids is 3. The highest BCUT2D eigenvalue weighted by molar-refractivity contribution is 5.79. The van der Waals surface area contributed by atoms with Crippen molar-refractivity contribution >= 4 is 17.9 Å². The lowest BCUT2D eigenvalue weighted by Gasteiger charge is -2.31. The van der Waals surface area contributed by atoms with E-state index < -0.39 is 42.5 Å². The molecule has 22 heavy (non-hydrogen) atoms. The first-order valence-corrected chi connectivity index (χ1v) is 6.33. The Morgan fingerprint density at radius 2 is 1.36 bits per heavy atom. The standard InChI is InChI=1S/C9H16O5.C4H6O4/c1-7(4-10)9(5-11,6-12)3-2-8(13)14;5-3(6)1-2-4(7)8/h2-3,7,10-12H,4-6H2,1H3,(H,13,14);1-2H2,(H,5,6)(H,7,8). The predicted molar refractivity (Wildman–Crippen MR) is 74.1 cm³/mol. The van der Waals surface area contributed by atoms with E-state index in [4.69, 9.17) is 30.6 Å². The summed E-state index contributed by atoms with van der Waals surface area (Å²) in [4.78, 5) is 29.6. The summed E-state index contributed by atoms with van der Waals surface area (Å²) in [6, 6.07) is 0. The molecule has 6 N–H and O–H groups in total. The van der Waals surface area contributed by atoms with E-state index in [0.717, 1.165) is 6.08 Å². The van der Waals surface area contributed by atoms with Crippen LogP contribution in [0.2, 0.25) is 0 Å². The molecule has 0 aromatic heterocycles. The van der Waals surface area contributed by atoms with Crippen molar-refractivity contribution in [2.45, 2.75) is 19.8 Å². The fourth-order valence-electron chi connectivity index (χ4n) is 1.26. The third-order valence-electron chi connectivity index (χ3n) is 2.95. The van der Waals surface area contributed by atoms with E-state index in [1.54, 1.807) is 6.92 Å². The van der Waals surface area contributed by atoms with Gasteiger partial charge in [0, 0.05) is 18.1 Å². The van der Waals surface area contributed by atoms with Gasteiger partial charge in [-0.1, -0.05) is 13.0 Å². The van der Waals surface area contributed by atoms with E-state index >= 15 is 0 Å². The molecule has 0 aliphatic carbocycles. The molecule has 9 nitrogen and oxygen atoms in total. The molecule has 1 atom stereocenters. The lowest BCUT2D eigenvalue weighted by molar-refractivity contribution is -0.143. The SMILES string of the molecule is CC(CO)C(C=CC(=O)O)(CO)CO.O=C(O)CCC(=O)O. The summed E-state index contributed by atoms with van der Waals surface area (Å²) in [5, 5.41) is 51.3. The monoisotopic (exact) mass is 322 g/mol.